The third-order valence-corrected chi connectivity index (χ3v) is 3.56. The van der Waals surface area contributed by atoms with Gasteiger partial charge in [-0.15, -0.1) is 0 Å². The highest BCUT2D eigenvalue weighted by molar-refractivity contribution is 5.75. The topological polar surface area (TPSA) is 83.8 Å². The number of carbonyl (C=O) groups is 2. The van der Waals surface area contributed by atoms with Gasteiger partial charge in [0.1, 0.15) is 18.5 Å². The average Bonchev–Trinajstić information content (AvgIpc) is 2.49. The van der Waals surface area contributed by atoms with Crippen LogP contribution in [0.3, 0.4) is 0 Å². The zero-order valence-electron chi connectivity index (χ0n) is 13.9. The summed E-state index contributed by atoms with van der Waals surface area (Å²) in [6.45, 7) is 1.13. The molecule has 0 saturated heterocycles. The number of rotatable bonds is 15. The van der Waals surface area contributed by atoms with Crippen molar-refractivity contribution < 1.29 is 24.5 Å². The summed E-state index contributed by atoms with van der Waals surface area (Å²) in [6.07, 6.45) is 10.1. The second-order valence-corrected chi connectivity index (χ2v) is 5.90. The molecule has 130 valence electrons. The Bertz CT molecular complexity index is 291. The van der Waals surface area contributed by atoms with Gasteiger partial charge in [0.2, 0.25) is 0 Å². The maximum Gasteiger partial charge on any atom is 0.305 e. The molecule has 0 aliphatic rings. The van der Waals surface area contributed by atoms with Gasteiger partial charge in [0.05, 0.1) is 6.61 Å². The fourth-order valence-electron chi connectivity index (χ4n) is 2.19. The molecule has 0 aliphatic heterocycles. The second kappa shape index (κ2) is 15.0. The molecule has 0 radical (unpaired) electrons. The molecule has 22 heavy (non-hydrogen) atoms. The minimum Gasteiger partial charge on any atom is -0.463 e. The second-order valence-electron chi connectivity index (χ2n) is 5.90. The molecule has 0 amide bonds. The number of ether oxygens (including phenoxy) is 1. The normalized spacial score (nSPS) is 12.1. The van der Waals surface area contributed by atoms with Crippen molar-refractivity contribution in [3.05, 3.63) is 0 Å². The number of unbranched alkanes of at least 4 members (excludes halogenated alkanes) is 8. The molecule has 0 aromatic rings. The monoisotopic (exact) mass is 316 g/mol. The Kier molecular flexibility index (Phi) is 14.3. The Balaban J connectivity index is 3.19. The van der Waals surface area contributed by atoms with E-state index in [1.54, 1.807) is 6.92 Å². The zero-order chi connectivity index (χ0) is 16.6. The van der Waals surface area contributed by atoms with Crippen LogP contribution in [-0.4, -0.2) is 41.3 Å². The van der Waals surface area contributed by atoms with Crippen LogP contribution >= 0.6 is 0 Å². The summed E-state index contributed by atoms with van der Waals surface area (Å²) in [5, 5.41) is 17.6. The van der Waals surface area contributed by atoms with Crippen LogP contribution in [0.1, 0.15) is 77.6 Å². The fraction of sp³-hybridized carbons (Fsp3) is 0.882. The van der Waals surface area contributed by atoms with Gasteiger partial charge in [-0.25, -0.2) is 0 Å². The Labute approximate surface area is 134 Å². The molecule has 0 spiro atoms. The molecule has 0 heterocycles. The molecule has 1 atom stereocenters. The molecule has 0 aliphatic carbocycles. The van der Waals surface area contributed by atoms with Crippen LogP contribution in [0.15, 0.2) is 0 Å². The van der Waals surface area contributed by atoms with Gasteiger partial charge in [-0.1, -0.05) is 44.9 Å². The van der Waals surface area contributed by atoms with Gasteiger partial charge in [-0.3, -0.25) is 4.79 Å². The largest absolute Gasteiger partial charge is 0.463 e. The average molecular weight is 316 g/mol. The fourth-order valence-corrected chi connectivity index (χ4v) is 2.19. The highest BCUT2D eigenvalue weighted by atomic mass is 16.5. The summed E-state index contributed by atoms with van der Waals surface area (Å²) in [5.41, 5.74) is 0. The van der Waals surface area contributed by atoms with E-state index in [0.29, 0.717) is 12.8 Å². The van der Waals surface area contributed by atoms with Crippen LogP contribution < -0.4 is 0 Å². The number of hydrogen-bond donors (Lipinski definition) is 2. The minimum atomic E-state index is -0.973. The predicted octanol–water partition coefficient (Wildman–Crippen LogP) is 2.76. The molecule has 5 heteroatoms. The lowest BCUT2D eigenvalue weighted by Gasteiger charge is -2.08. The van der Waals surface area contributed by atoms with Crippen molar-refractivity contribution >= 4 is 11.8 Å². The molecule has 5 nitrogen and oxygen atoms in total. The summed E-state index contributed by atoms with van der Waals surface area (Å²) >= 11 is 0. The molecular weight excluding hydrogens is 284 g/mol. The van der Waals surface area contributed by atoms with Crippen molar-refractivity contribution in [3.63, 3.8) is 0 Å². The molecular formula is C17H32O5. The highest BCUT2D eigenvalue weighted by Gasteiger charge is 2.07. The SMILES string of the molecule is CC(=O)CCCCCCCCCCCC(=O)OCC(O)CO. The van der Waals surface area contributed by atoms with Crippen molar-refractivity contribution in [3.8, 4) is 0 Å². The van der Waals surface area contributed by atoms with Crippen molar-refractivity contribution in [2.75, 3.05) is 13.2 Å². The smallest absolute Gasteiger partial charge is 0.305 e. The third kappa shape index (κ3) is 15.4. The third-order valence-electron chi connectivity index (χ3n) is 3.56. The summed E-state index contributed by atoms with van der Waals surface area (Å²) in [5.74, 6) is -0.0256. The van der Waals surface area contributed by atoms with Crippen molar-refractivity contribution in [1.29, 1.82) is 0 Å². The van der Waals surface area contributed by atoms with Crippen LogP contribution in [0, 0.1) is 0 Å². The zero-order valence-corrected chi connectivity index (χ0v) is 13.9. The lowest BCUT2D eigenvalue weighted by molar-refractivity contribution is -0.147. The number of esters is 1. The predicted molar refractivity (Wildman–Crippen MR) is 85.5 cm³/mol. The van der Waals surface area contributed by atoms with Crippen LogP contribution in [-0.2, 0) is 14.3 Å². The molecule has 0 bridgehead atoms. The molecule has 2 N–H and O–H groups in total. The number of Topliss-reactive ketones (excluding diaryl/α,β-unsaturated/α-hetero) is 1. The van der Waals surface area contributed by atoms with E-state index in [-0.39, 0.29) is 25.0 Å². The van der Waals surface area contributed by atoms with E-state index in [9.17, 15) is 9.59 Å². The van der Waals surface area contributed by atoms with Gasteiger partial charge >= 0.3 is 5.97 Å². The Morgan fingerprint density at radius 2 is 1.32 bits per heavy atom. The maximum absolute atomic E-state index is 11.3. The summed E-state index contributed by atoms with van der Waals surface area (Å²) < 4.78 is 4.82. The number of aliphatic hydroxyl groups is 2. The highest BCUT2D eigenvalue weighted by Crippen LogP contribution is 2.11. The number of ketones is 1. The first-order valence-electron chi connectivity index (χ1n) is 8.50. The van der Waals surface area contributed by atoms with Crippen molar-refractivity contribution in [1.82, 2.24) is 0 Å². The minimum absolute atomic E-state index is 0.126. The first-order valence-corrected chi connectivity index (χ1v) is 8.50. The van der Waals surface area contributed by atoms with Gasteiger partial charge in [-0.05, 0) is 19.8 Å². The van der Waals surface area contributed by atoms with E-state index in [2.05, 4.69) is 0 Å². The summed E-state index contributed by atoms with van der Waals surface area (Å²) in [4.78, 5) is 22.1. The van der Waals surface area contributed by atoms with Gasteiger partial charge in [-0.2, -0.15) is 0 Å². The maximum atomic E-state index is 11.3. The van der Waals surface area contributed by atoms with E-state index >= 15 is 0 Å². The van der Waals surface area contributed by atoms with Crippen LogP contribution in [0.5, 0.6) is 0 Å². The van der Waals surface area contributed by atoms with Crippen LogP contribution in [0.4, 0.5) is 0 Å². The van der Waals surface area contributed by atoms with Crippen LogP contribution in [0.25, 0.3) is 0 Å². The van der Waals surface area contributed by atoms with Crippen molar-refractivity contribution in [2.45, 2.75) is 83.7 Å². The molecule has 0 aromatic carbocycles. The summed E-state index contributed by atoms with van der Waals surface area (Å²) in [6, 6.07) is 0. The lowest BCUT2D eigenvalue weighted by atomic mass is 10.1. The standard InChI is InChI=1S/C17H32O5/c1-15(19)11-9-7-5-3-2-4-6-8-10-12-17(21)22-14-16(20)13-18/h16,18,20H,2-14H2,1H3. The van der Waals surface area contributed by atoms with Gasteiger partial charge in [0.15, 0.2) is 0 Å². The quantitative estimate of drug-likeness (QED) is 0.358. The molecule has 0 rings (SSSR count). The number of hydrogen-bond acceptors (Lipinski definition) is 5. The lowest BCUT2D eigenvalue weighted by Crippen LogP contribution is -2.21. The summed E-state index contributed by atoms with van der Waals surface area (Å²) in [7, 11) is 0. The van der Waals surface area contributed by atoms with E-state index in [4.69, 9.17) is 14.9 Å². The van der Waals surface area contributed by atoms with E-state index in [1.807, 2.05) is 0 Å². The first kappa shape index (κ1) is 21.1. The molecule has 1 unspecified atom stereocenters. The Morgan fingerprint density at radius 1 is 0.864 bits per heavy atom. The Morgan fingerprint density at radius 3 is 1.77 bits per heavy atom. The first-order chi connectivity index (χ1) is 10.6. The molecule has 0 saturated carbocycles. The van der Waals surface area contributed by atoms with E-state index in [1.165, 1.54) is 25.7 Å². The number of carbonyl (C=O) groups excluding carboxylic acids is 2. The van der Waals surface area contributed by atoms with E-state index < -0.39 is 6.10 Å². The van der Waals surface area contributed by atoms with Crippen molar-refractivity contribution in [2.24, 2.45) is 0 Å². The molecule has 0 fully saturated rings. The molecule has 0 aromatic heterocycles. The van der Waals surface area contributed by atoms with Crippen LogP contribution in [0.2, 0.25) is 0 Å². The van der Waals surface area contributed by atoms with Gasteiger partial charge in [0, 0.05) is 12.8 Å². The van der Waals surface area contributed by atoms with Gasteiger partial charge in [0.25, 0.3) is 0 Å². The number of aliphatic hydroxyl groups excluding tert-OH is 2. The van der Waals surface area contributed by atoms with Gasteiger partial charge < -0.3 is 19.7 Å². The van der Waals surface area contributed by atoms with E-state index in [0.717, 1.165) is 32.1 Å². The Hall–Kier alpha value is -0.940.